The van der Waals surface area contributed by atoms with Crippen molar-refractivity contribution in [2.75, 3.05) is 103 Å². The van der Waals surface area contributed by atoms with Gasteiger partial charge in [0, 0.05) is 142 Å². The van der Waals surface area contributed by atoms with Crippen molar-refractivity contribution in [1.82, 2.24) is 45.5 Å². The number of likely N-dealkylation sites (tertiary alicyclic amines) is 1. The number of hydrogen-bond donors (Lipinski definition) is 6. The second-order valence-electron chi connectivity index (χ2n) is 22.6. The molecule has 0 bridgehead atoms. The number of halogens is 2. The Morgan fingerprint density at radius 3 is 2.32 bits per heavy atom. The summed E-state index contributed by atoms with van der Waals surface area (Å²) in [5.74, 6) is 3.00. The topological polar surface area (TPSA) is 247 Å². The van der Waals surface area contributed by atoms with Gasteiger partial charge in [-0.25, -0.2) is 18.6 Å². The summed E-state index contributed by atoms with van der Waals surface area (Å²) in [5.41, 5.74) is 13.1. The molecule has 2 aromatic carbocycles. The van der Waals surface area contributed by atoms with Crippen molar-refractivity contribution < 1.29 is 52.1 Å². The van der Waals surface area contributed by atoms with Gasteiger partial charge in [-0.2, -0.15) is 14.6 Å². The molecule has 10 rings (SSSR count). The number of urea groups is 1. The molecule has 5 amide bonds. The molecule has 0 unspecified atom stereocenters. The van der Waals surface area contributed by atoms with Crippen molar-refractivity contribution in [3.8, 4) is 17.4 Å². The minimum absolute atomic E-state index is 0.00896. The van der Waals surface area contributed by atoms with Crippen molar-refractivity contribution in [2.24, 2.45) is 24.6 Å². The van der Waals surface area contributed by atoms with Crippen LogP contribution >= 0.6 is 0 Å². The molecule has 24 heteroatoms. The fourth-order valence-corrected chi connectivity index (χ4v) is 13.0. The minimum Gasteiger partial charge on any atom is -0.490 e. The van der Waals surface area contributed by atoms with E-state index in [0.29, 0.717) is 143 Å². The highest BCUT2D eigenvalue weighted by Gasteiger charge is 2.38. The van der Waals surface area contributed by atoms with Gasteiger partial charge in [0.1, 0.15) is 12.9 Å². The molecule has 1 saturated carbocycles. The molecule has 8 N–H and O–H groups in total. The highest BCUT2D eigenvalue weighted by atomic mass is 19.3. The monoisotopic (exact) mass is 1160 g/mol. The number of alkyl halides is 2. The van der Waals surface area contributed by atoms with Crippen LogP contribution in [0, 0.1) is 18.8 Å². The lowest BCUT2D eigenvalue weighted by Gasteiger charge is -2.37. The standard InChI is InChI=1S/C60H79F2N15O7/c1-35-31-67-59(70-54(35)68-42-25-39-27-50(84-34-51(78)65-3)58(83-7)72(5)52(39)49(28-42)82-6)74-20-14-36(15-21-74)56(79)69-41-12-10-37(11-13-41)57(80)73-22-16-43(17-23-73)77-47-18-24-75(60(81)66-4)33-46(47)55(71-77)76-19-8-9-38-26-44(40(30-63)32-64-2)45(53(61)62)29-48(38)76/h25-29,31-32,36-37,41,43,53,64H,8-24,30,33-34,63H2,1-7H3,(H3-,65,66,67,68,69,70,78,79,81)/p+2/b40-32+. The van der Waals surface area contributed by atoms with Crippen LogP contribution < -0.4 is 60.9 Å². The SMILES string of the molecule is CNC(=O)COc1cc2cc(Nc3nc(N4CCC(C(=O)NC5CCC(C(=O)N6CCC(n7nc(N8CCCc9cc(/C(=C/[NH2+]C)CN)c(C(F)F)cc98)c8c7CCN(C(=O)NC)C8)CC6)CC5)CC4)ncc3C)cc(OC)c2[n+](C)c1OC. The molecule has 5 aliphatic rings. The Bertz CT molecular complexity index is 3300. The van der Waals surface area contributed by atoms with Gasteiger partial charge in [-0.15, -0.1) is 0 Å². The number of piperidine rings is 2. The number of nitrogens with zero attached hydrogens (tertiary/aromatic N) is 9. The molecular formula is C60H81F2N15O7+2. The second kappa shape index (κ2) is 26.0. The lowest BCUT2D eigenvalue weighted by molar-refractivity contribution is -0.651. The number of hydrogen-bond acceptors (Lipinski definition) is 14. The van der Waals surface area contributed by atoms with Crippen LogP contribution in [0.15, 0.2) is 42.7 Å². The van der Waals surface area contributed by atoms with E-state index in [1.54, 1.807) is 51.7 Å². The van der Waals surface area contributed by atoms with Crippen molar-refractivity contribution in [2.45, 2.75) is 103 Å². The lowest BCUT2D eigenvalue weighted by atomic mass is 9.84. The molecule has 5 aromatic rings. The van der Waals surface area contributed by atoms with Gasteiger partial charge < -0.3 is 66.1 Å². The molecule has 4 aliphatic heterocycles. The predicted molar refractivity (Wildman–Crippen MR) is 314 cm³/mol. The zero-order valence-corrected chi connectivity index (χ0v) is 49.4. The summed E-state index contributed by atoms with van der Waals surface area (Å²) >= 11 is 0. The summed E-state index contributed by atoms with van der Waals surface area (Å²) in [7, 11) is 10.0. The number of aromatic nitrogens is 5. The van der Waals surface area contributed by atoms with Gasteiger partial charge in [-0.1, -0.05) is 0 Å². The van der Waals surface area contributed by atoms with Crippen molar-refractivity contribution in [1.29, 1.82) is 0 Å². The van der Waals surface area contributed by atoms with Crippen LogP contribution in [0.3, 0.4) is 0 Å². The zero-order valence-electron chi connectivity index (χ0n) is 49.4. The van der Waals surface area contributed by atoms with Crippen LogP contribution in [-0.2, 0) is 40.8 Å². The van der Waals surface area contributed by atoms with Crippen molar-refractivity contribution in [3.05, 3.63) is 76.2 Å². The van der Waals surface area contributed by atoms with E-state index in [0.717, 1.165) is 64.7 Å². The molecule has 7 heterocycles. The molecule has 0 spiro atoms. The third kappa shape index (κ3) is 12.2. The van der Waals surface area contributed by atoms with E-state index >= 15 is 0 Å². The fourth-order valence-electron chi connectivity index (χ4n) is 13.0. The van der Waals surface area contributed by atoms with E-state index < -0.39 is 6.43 Å². The quantitative estimate of drug-likeness (QED) is 0.0685. The molecular weight excluding hydrogens is 1080 g/mol. The number of methoxy groups -OCH3 is 2. The molecule has 450 valence electrons. The van der Waals surface area contributed by atoms with Crippen LogP contribution in [0.25, 0.3) is 16.5 Å². The first-order valence-electron chi connectivity index (χ1n) is 29.5. The second-order valence-corrected chi connectivity index (χ2v) is 22.6. The summed E-state index contributed by atoms with van der Waals surface area (Å²) in [6.45, 7) is 5.77. The Balaban J connectivity index is 0.730. The largest absolute Gasteiger partial charge is 0.490 e. The number of fused-ring (bicyclic) bond motifs is 3. The van der Waals surface area contributed by atoms with Gasteiger partial charge in [-0.3, -0.25) is 19.1 Å². The average Bonchev–Trinajstić information content (AvgIpc) is 2.40. The average molecular weight is 1160 g/mol. The number of rotatable bonds is 17. The number of pyridine rings is 1. The number of nitrogens with one attached hydrogen (secondary N) is 4. The van der Waals surface area contributed by atoms with Gasteiger partial charge in [0.25, 0.3) is 17.8 Å². The number of ether oxygens (including phenoxy) is 3. The van der Waals surface area contributed by atoms with Gasteiger partial charge in [-0.05, 0) is 100 Å². The Morgan fingerprint density at radius 1 is 0.881 bits per heavy atom. The number of carbonyl (C=O) groups excluding carboxylic acids is 4. The number of quaternary nitrogens is 1. The zero-order chi connectivity index (χ0) is 59.3. The van der Waals surface area contributed by atoms with Crippen LogP contribution in [0.1, 0.15) is 104 Å². The van der Waals surface area contributed by atoms with Gasteiger partial charge >= 0.3 is 11.9 Å². The number of nitrogens with two attached hydrogens (primary N) is 2. The van der Waals surface area contributed by atoms with E-state index in [-0.39, 0.29) is 66.4 Å². The number of benzene rings is 2. The van der Waals surface area contributed by atoms with E-state index in [1.807, 2.05) is 60.1 Å². The maximum Gasteiger partial charge on any atom is 0.411 e. The van der Waals surface area contributed by atoms with Gasteiger partial charge in [0.15, 0.2) is 18.2 Å². The normalized spacial score (nSPS) is 18.8. The lowest BCUT2D eigenvalue weighted by Crippen LogP contribution is -2.73. The molecule has 3 aromatic heterocycles. The third-order valence-electron chi connectivity index (χ3n) is 17.6. The first-order valence-corrected chi connectivity index (χ1v) is 29.5. The number of likely N-dealkylation sites (N-methyl/N-ethyl adjacent to an activating group) is 1. The van der Waals surface area contributed by atoms with Gasteiger partial charge in [0.05, 0.1) is 45.4 Å². The summed E-state index contributed by atoms with van der Waals surface area (Å²) in [6, 6.07) is 8.99. The fraction of sp³-hybridized carbons (Fsp3) is 0.533. The molecule has 84 heavy (non-hydrogen) atoms. The van der Waals surface area contributed by atoms with Crippen LogP contribution in [0.2, 0.25) is 0 Å². The van der Waals surface area contributed by atoms with Crippen LogP contribution in [-0.4, -0.2) is 147 Å². The Labute approximate surface area is 488 Å². The summed E-state index contributed by atoms with van der Waals surface area (Å²) in [4.78, 5) is 70.6. The summed E-state index contributed by atoms with van der Waals surface area (Å²) < 4.78 is 51.0. The Kier molecular flexibility index (Phi) is 18.3. The third-order valence-corrected chi connectivity index (χ3v) is 17.6. The number of anilines is 5. The highest BCUT2D eigenvalue weighted by Crippen LogP contribution is 2.44. The summed E-state index contributed by atoms with van der Waals surface area (Å²) in [5, 5.41) is 20.1. The van der Waals surface area contributed by atoms with E-state index in [1.165, 1.54) is 0 Å². The smallest absolute Gasteiger partial charge is 0.411 e. The Morgan fingerprint density at radius 2 is 1.64 bits per heavy atom. The van der Waals surface area contributed by atoms with Crippen LogP contribution in [0.5, 0.6) is 17.4 Å². The molecule has 22 nitrogen and oxygen atoms in total. The van der Waals surface area contributed by atoms with E-state index in [4.69, 9.17) is 30.0 Å². The molecule has 0 radical (unpaired) electrons. The van der Waals surface area contributed by atoms with Crippen molar-refractivity contribution in [3.63, 3.8) is 0 Å². The molecule has 0 atom stereocenters. The summed E-state index contributed by atoms with van der Waals surface area (Å²) in [6.07, 6.45) is 8.65. The predicted octanol–water partition coefficient (Wildman–Crippen LogP) is 4.81. The molecule has 1 aliphatic carbocycles. The maximum atomic E-state index is 14.9. The minimum atomic E-state index is -2.71. The van der Waals surface area contributed by atoms with E-state index in [9.17, 15) is 28.0 Å². The Hall–Kier alpha value is -7.86. The highest BCUT2D eigenvalue weighted by molar-refractivity contribution is 5.89. The number of carbonyl (C=O) groups is 4. The maximum absolute atomic E-state index is 14.9. The van der Waals surface area contributed by atoms with Crippen molar-refractivity contribution >= 4 is 69.2 Å². The van der Waals surface area contributed by atoms with Crippen LogP contribution in [0.4, 0.5) is 42.5 Å². The van der Waals surface area contributed by atoms with E-state index in [2.05, 4.69) is 40.7 Å². The molecule has 2 saturated heterocycles. The first kappa shape index (κ1) is 59.3. The first-order chi connectivity index (χ1) is 40.6. The number of aryl methyl sites for hydroxylation is 3. The molecule has 3 fully saturated rings. The van der Waals surface area contributed by atoms with Gasteiger partial charge in [0.2, 0.25) is 23.5 Å². The number of amides is 5.